The molecule has 0 aromatic heterocycles. The zero-order valence-electron chi connectivity index (χ0n) is 14.2. The molecular formula is C20H20BrNO3S. The van der Waals surface area contributed by atoms with Gasteiger partial charge in [0.1, 0.15) is 0 Å². The molecule has 1 aliphatic heterocycles. The van der Waals surface area contributed by atoms with Crippen molar-refractivity contribution in [1.82, 2.24) is 4.90 Å². The fraction of sp³-hybridized carbons (Fsp3) is 0.250. The summed E-state index contributed by atoms with van der Waals surface area (Å²) in [5.74, 6) is 0.00442. The van der Waals surface area contributed by atoms with Gasteiger partial charge >= 0.3 is 0 Å². The van der Waals surface area contributed by atoms with Crippen LogP contribution in [0, 0.1) is 0 Å². The third-order valence-electron chi connectivity index (χ3n) is 4.39. The number of carbonyl (C=O) groups excluding carboxylic acids is 1. The number of hydrogen-bond acceptors (Lipinski definition) is 3. The number of benzene rings is 2. The minimum absolute atomic E-state index is 0.0337. The molecule has 0 aliphatic carbocycles. The highest BCUT2D eigenvalue weighted by Gasteiger charge is 2.34. The first-order chi connectivity index (χ1) is 12.4. The Morgan fingerprint density at radius 1 is 1.15 bits per heavy atom. The Hall–Kier alpha value is -1.92. The van der Waals surface area contributed by atoms with Crippen LogP contribution in [0.15, 0.2) is 65.1 Å². The molecule has 4 nitrogen and oxygen atoms in total. The zero-order chi connectivity index (χ0) is 18.6. The number of rotatable bonds is 5. The summed E-state index contributed by atoms with van der Waals surface area (Å²) in [6.07, 6.45) is 3.78. The van der Waals surface area contributed by atoms with Crippen molar-refractivity contribution >= 4 is 37.8 Å². The van der Waals surface area contributed by atoms with E-state index >= 15 is 0 Å². The van der Waals surface area contributed by atoms with Crippen molar-refractivity contribution in [3.8, 4) is 0 Å². The topological polar surface area (TPSA) is 54.5 Å². The lowest BCUT2D eigenvalue weighted by molar-refractivity contribution is -0.128. The Morgan fingerprint density at radius 2 is 1.92 bits per heavy atom. The number of nitrogens with zero attached hydrogens (tertiary/aromatic N) is 1. The van der Waals surface area contributed by atoms with Gasteiger partial charge in [-0.3, -0.25) is 4.79 Å². The summed E-state index contributed by atoms with van der Waals surface area (Å²) in [5, 5.41) is 0. The van der Waals surface area contributed by atoms with E-state index in [0.717, 1.165) is 15.6 Å². The van der Waals surface area contributed by atoms with Crippen LogP contribution in [0.3, 0.4) is 0 Å². The number of amides is 1. The average molecular weight is 434 g/mol. The van der Waals surface area contributed by atoms with Crippen molar-refractivity contribution in [3.05, 3.63) is 76.3 Å². The zero-order valence-corrected chi connectivity index (χ0v) is 16.6. The molecule has 0 radical (unpaired) electrons. The van der Waals surface area contributed by atoms with E-state index in [1.165, 1.54) is 6.08 Å². The maximum absolute atomic E-state index is 12.8. The minimum atomic E-state index is -3.07. The highest BCUT2D eigenvalue weighted by molar-refractivity contribution is 9.10. The SMILES string of the molecule is O=C(/C=C/c1ccccc1)N(Cc1cccc(Br)c1)C1CCS(=O)(=O)C1. The van der Waals surface area contributed by atoms with Gasteiger partial charge in [0.2, 0.25) is 5.91 Å². The fourth-order valence-corrected chi connectivity index (χ4v) is 5.24. The molecule has 1 amide bonds. The first kappa shape index (κ1) is 18.9. The van der Waals surface area contributed by atoms with E-state index in [1.807, 2.05) is 54.6 Å². The van der Waals surface area contributed by atoms with Crippen LogP contribution in [-0.2, 0) is 21.2 Å². The monoisotopic (exact) mass is 433 g/mol. The molecule has 136 valence electrons. The van der Waals surface area contributed by atoms with Gasteiger partial charge in [0.05, 0.1) is 11.5 Å². The molecule has 26 heavy (non-hydrogen) atoms. The molecular weight excluding hydrogens is 414 g/mol. The maximum Gasteiger partial charge on any atom is 0.247 e. The van der Waals surface area contributed by atoms with E-state index in [9.17, 15) is 13.2 Å². The maximum atomic E-state index is 12.8. The van der Waals surface area contributed by atoms with E-state index in [0.29, 0.717) is 13.0 Å². The van der Waals surface area contributed by atoms with E-state index in [4.69, 9.17) is 0 Å². The van der Waals surface area contributed by atoms with Gasteiger partial charge in [-0.2, -0.15) is 0 Å². The molecule has 1 unspecified atom stereocenters. The molecule has 3 rings (SSSR count). The number of halogens is 1. The van der Waals surface area contributed by atoms with Crippen molar-refractivity contribution in [3.63, 3.8) is 0 Å². The Morgan fingerprint density at radius 3 is 2.58 bits per heavy atom. The van der Waals surface area contributed by atoms with E-state index in [2.05, 4.69) is 15.9 Å². The molecule has 0 saturated carbocycles. The largest absolute Gasteiger partial charge is 0.331 e. The van der Waals surface area contributed by atoms with E-state index in [-0.39, 0.29) is 23.5 Å². The summed E-state index contributed by atoms with van der Waals surface area (Å²) in [6, 6.07) is 17.0. The van der Waals surface area contributed by atoms with Crippen molar-refractivity contribution in [2.75, 3.05) is 11.5 Å². The fourth-order valence-electron chi connectivity index (χ4n) is 3.07. The van der Waals surface area contributed by atoms with Gasteiger partial charge in [-0.15, -0.1) is 0 Å². The van der Waals surface area contributed by atoms with Crippen LogP contribution < -0.4 is 0 Å². The van der Waals surface area contributed by atoms with Crippen LogP contribution in [0.4, 0.5) is 0 Å². The van der Waals surface area contributed by atoms with Crippen LogP contribution >= 0.6 is 15.9 Å². The Balaban J connectivity index is 1.82. The van der Waals surface area contributed by atoms with Gasteiger partial charge in [0, 0.05) is 23.1 Å². The smallest absolute Gasteiger partial charge is 0.247 e. The van der Waals surface area contributed by atoms with Crippen molar-refractivity contribution in [1.29, 1.82) is 0 Å². The molecule has 6 heteroatoms. The summed E-state index contributed by atoms with van der Waals surface area (Å²) in [7, 11) is -3.07. The number of sulfone groups is 1. The molecule has 1 saturated heterocycles. The predicted octanol–water partition coefficient (Wildman–Crippen LogP) is 3.68. The van der Waals surface area contributed by atoms with Crippen molar-refractivity contribution in [2.45, 2.75) is 19.0 Å². The van der Waals surface area contributed by atoms with Gasteiger partial charge in [0.25, 0.3) is 0 Å². The molecule has 2 aromatic carbocycles. The first-order valence-electron chi connectivity index (χ1n) is 8.41. The third kappa shape index (κ3) is 5.05. The summed E-state index contributed by atoms with van der Waals surface area (Å²) in [4.78, 5) is 14.5. The Bertz CT molecular complexity index is 910. The lowest BCUT2D eigenvalue weighted by atomic mass is 10.1. The lowest BCUT2D eigenvalue weighted by Gasteiger charge is -2.27. The quantitative estimate of drug-likeness (QED) is 0.675. The molecule has 1 heterocycles. The minimum Gasteiger partial charge on any atom is -0.331 e. The average Bonchev–Trinajstić information content (AvgIpc) is 2.98. The lowest BCUT2D eigenvalue weighted by Crippen LogP contribution is -2.39. The van der Waals surface area contributed by atoms with Crippen molar-refractivity contribution < 1.29 is 13.2 Å². The van der Waals surface area contributed by atoms with Crippen LogP contribution in [0.2, 0.25) is 0 Å². The van der Waals surface area contributed by atoms with Crippen LogP contribution in [0.25, 0.3) is 6.08 Å². The van der Waals surface area contributed by atoms with Gasteiger partial charge in [0.15, 0.2) is 9.84 Å². The van der Waals surface area contributed by atoms with Crippen LogP contribution in [0.1, 0.15) is 17.5 Å². The second-order valence-corrected chi connectivity index (χ2v) is 9.54. The predicted molar refractivity (Wildman–Crippen MR) is 107 cm³/mol. The second kappa shape index (κ2) is 8.18. The molecule has 1 atom stereocenters. The summed E-state index contributed by atoms with van der Waals surface area (Å²) in [5.41, 5.74) is 1.90. The van der Waals surface area contributed by atoms with Gasteiger partial charge < -0.3 is 4.90 Å². The summed E-state index contributed by atoms with van der Waals surface area (Å²) < 4.78 is 24.7. The second-order valence-electron chi connectivity index (χ2n) is 6.40. The van der Waals surface area contributed by atoms with Gasteiger partial charge in [-0.05, 0) is 35.8 Å². The van der Waals surface area contributed by atoms with Gasteiger partial charge in [-0.1, -0.05) is 58.4 Å². The first-order valence-corrected chi connectivity index (χ1v) is 11.0. The number of hydrogen-bond donors (Lipinski definition) is 0. The van der Waals surface area contributed by atoms with Crippen molar-refractivity contribution in [2.24, 2.45) is 0 Å². The molecule has 1 aliphatic rings. The molecule has 0 N–H and O–H groups in total. The molecule has 1 fully saturated rings. The normalized spacial score (nSPS) is 18.9. The van der Waals surface area contributed by atoms with Gasteiger partial charge in [-0.25, -0.2) is 8.42 Å². The highest BCUT2D eigenvalue weighted by Crippen LogP contribution is 2.22. The summed E-state index contributed by atoms with van der Waals surface area (Å²) in [6.45, 7) is 0.386. The van der Waals surface area contributed by atoms with Crippen LogP contribution in [0.5, 0.6) is 0 Å². The molecule has 0 bridgehead atoms. The molecule has 2 aromatic rings. The van der Waals surface area contributed by atoms with E-state index < -0.39 is 9.84 Å². The standard InChI is InChI=1S/C20H20BrNO3S/c21-18-8-4-7-17(13-18)14-22(19-11-12-26(24,25)15-19)20(23)10-9-16-5-2-1-3-6-16/h1-10,13,19H,11-12,14-15H2/b10-9+. The summed E-state index contributed by atoms with van der Waals surface area (Å²) >= 11 is 3.44. The third-order valence-corrected chi connectivity index (χ3v) is 6.64. The highest BCUT2D eigenvalue weighted by atomic mass is 79.9. The molecule has 0 spiro atoms. The van der Waals surface area contributed by atoms with E-state index in [1.54, 1.807) is 11.0 Å². The Kier molecular flexibility index (Phi) is 5.94. The van der Waals surface area contributed by atoms with Crippen LogP contribution in [-0.4, -0.2) is 36.8 Å². The number of carbonyl (C=O) groups is 1. The Labute approximate surface area is 162 Å².